The predicted octanol–water partition coefficient (Wildman–Crippen LogP) is 1.94. The van der Waals surface area contributed by atoms with E-state index in [2.05, 4.69) is 15.2 Å². The van der Waals surface area contributed by atoms with Crippen molar-refractivity contribution in [2.24, 2.45) is 16.8 Å². The molecule has 25 heavy (non-hydrogen) atoms. The maximum absolute atomic E-state index is 12.0. The Morgan fingerprint density at radius 2 is 1.72 bits per heavy atom. The van der Waals surface area contributed by atoms with Crippen molar-refractivity contribution in [1.29, 1.82) is 0 Å². The summed E-state index contributed by atoms with van der Waals surface area (Å²) in [4.78, 5) is 20.6. The smallest absolute Gasteiger partial charge is 0.243 e. The average Bonchev–Trinajstić information content (AvgIpc) is 3.03. The quantitative estimate of drug-likeness (QED) is 0.394. The van der Waals surface area contributed by atoms with E-state index in [1.54, 1.807) is 19.0 Å². The Balaban J connectivity index is 0.00000225. The monoisotopic (exact) mass is 464 g/mol. The van der Waals surface area contributed by atoms with E-state index in [0.717, 1.165) is 56.9 Å². The van der Waals surface area contributed by atoms with Gasteiger partial charge in [-0.15, -0.1) is 24.0 Å². The summed E-state index contributed by atoms with van der Waals surface area (Å²) in [6.07, 6.45) is 7.47. The molecule has 0 aromatic rings. The second-order valence-electron chi connectivity index (χ2n) is 7.67. The number of ether oxygens (including phenoxy) is 1. The van der Waals surface area contributed by atoms with Crippen molar-refractivity contribution in [2.45, 2.75) is 44.6 Å². The van der Waals surface area contributed by atoms with Crippen molar-refractivity contribution in [3.05, 3.63) is 0 Å². The van der Waals surface area contributed by atoms with Crippen LogP contribution in [0.3, 0.4) is 0 Å². The van der Waals surface area contributed by atoms with Gasteiger partial charge in [-0.3, -0.25) is 4.79 Å². The Hall–Kier alpha value is -0.570. The molecule has 6 nitrogen and oxygen atoms in total. The van der Waals surface area contributed by atoms with E-state index in [1.165, 1.54) is 25.7 Å². The number of carbonyl (C=O) groups is 1. The second-order valence-corrected chi connectivity index (χ2v) is 7.67. The lowest BCUT2D eigenvalue weighted by molar-refractivity contribution is -0.127. The fourth-order valence-electron chi connectivity index (χ4n) is 4.12. The molecular formula is C18H33IN4O2. The Kier molecular flexibility index (Phi) is 8.25. The first-order valence-electron chi connectivity index (χ1n) is 9.47. The summed E-state index contributed by atoms with van der Waals surface area (Å²) in [5, 5.41) is 3.63. The van der Waals surface area contributed by atoms with Crippen molar-refractivity contribution in [3.8, 4) is 0 Å². The molecule has 144 valence electrons. The summed E-state index contributed by atoms with van der Waals surface area (Å²) >= 11 is 0. The number of rotatable bonds is 3. The van der Waals surface area contributed by atoms with Gasteiger partial charge in [0.05, 0.1) is 0 Å². The minimum absolute atomic E-state index is 0. The van der Waals surface area contributed by atoms with Crippen LogP contribution in [0.2, 0.25) is 0 Å². The van der Waals surface area contributed by atoms with Crippen molar-refractivity contribution in [1.82, 2.24) is 15.1 Å². The highest BCUT2D eigenvalue weighted by atomic mass is 127. The highest BCUT2D eigenvalue weighted by Crippen LogP contribution is 2.36. The van der Waals surface area contributed by atoms with Crippen LogP contribution in [-0.2, 0) is 9.53 Å². The third-order valence-corrected chi connectivity index (χ3v) is 5.69. The molecule has 1 amide bonds. The Labute approximate surface area is 168 Å². The Morgan fingerprint density at radius 3 is 2.28 bits per heavy atom. The molecule has 0 bridgehead atoms. The van der Waals surface area contributed by atoms with Gasteiger partial charge >= 0.3 is 0 Å². The van der Waals surface area contributed by atoms with Crippen LogP contribution in [0, 0.1) is 11.8 Å². The third-order valence-electron chi connectivity index (χ3n) is 5.69. The van der Waals surface area contributed by atoms with Crippen molar-refractivity contribution >= 4 is 35.8 Å². The Bertz CT molecular complexity index is 452. The van der Waals surface area contributed by atoms with E-state index in [0.29, 0.717) is 6.04 Å². The number of nitrogens with one attached hydrogen (secondary N) is 1. The molecule has 2 aliphatic heterocycles. The fraction of sp³-hybridized carbons (Fsp3) is 0.889. The molecule has 1 N–H and O–H groups in total. The normalized spacial score (nSPS) is 27.4. The number of likely N-dealkylation sites (tertiary alicyclic amines) is 1. The topological polar surface area (TPSA) is 57.2 Å². The van der Waals surface area contributed by atoms with Gasteiger partial charge in [0.1, 0.15) is 6.54 Å². The fourth-order valence-corrected chi connectivity index (χ4v) is 4.12. The molecule has 2 atom stereocenters. The molecular weight excluding hydrogens is 431 g/mol. The molecule has 0 aromatic carbocycles. The van der Waals surface area contributed by atoms with E-state index in [-0.39, 0.29) is 36.4 Å². The summed E-state index contributed by atoms with van der Waals surface area (Å²) in [5.41, 5.74) is 0. The van der Waals surface area contributed by atoms with Gasteiger partial charge in [0, 0.05) is 46.4 Å². The van der Waals surface area contributed by atoms with Gasteiger partial charge in [-0.1, -0.05) is 12.8 Å². The van der Waals surface area contributed by atoms with Crippen LogP contribution in [-0.4, -0.2) is 74.7 Å². The van der Waals surface area contributed by atoms with E-state index in [1.807, 2.05) is 0 Å². The summed E-state index contributed by atoms with van der Waals surface area (Å²) in [6.45, 7) is 4.04. The predicted molar refractivity (Wildman–Crippen MR) is 110 cm³/mol. The highest BCUT2D eigenvalue weighted by molar-refractivity contribution is 14.0. The summed E-state index contributed by atoms with van der Waals surface area (Å²) in [6, 6.07) is 0.412. The minimum Gasteiger partial charge on any atom is -0.381 e. The number of likely N-dealkylation sites (N-methyl/N-ethyl adjacent to an activating group) is 1. The van der Waals surface area contributed by atoms with E-state index >= 15 is 0 Å². The molecule has 2 heterocycles. The molecule has 2 saturated heterocycles. The van der Waals surface area contributed by atoms with E-state index in [9.17, 15) is 4.79 Å². The van der Waals surface area contributed by atoms with Gasteiger partial charge in [0.25, 0.3) is 0 Å². The van der Waals surface area contributed by atoms with Crippen molar-refractivity contribution < 1.29 is 9.53 Å². The van der Waals surface area contributed by atoms with E-state index in [4.69, 9.17) is 4.74 Å². The number of carbonyl (C=O) groups excluding carboxylic acids is 1. The van der Waals surface area contributed by atoms with Crippen LogP contribution in [0.1, 0.15) is 38.5 Å². The maximum Gasteiger partial charge on any atom is 0.243 e. The molecule has 3 aliphatic rings. The van der Waals surface area contributed by atoms with Crippen LogP contribution in [0.15, 0.2) is 4.99 Å². The number of fused-ring (bicyclic) bond motifs is 1. The third kappa shape index (κ3) is 5.70. The van der Waals surface area contributed by atoms with Gasteiger partial charge in [0.15, 0.2) is 5.96 Å². The first kappa shape index (κ1) is 20.7. The van der Waals surface area contributed by atoms with Gasteiger partial charge in [-0.2, -0.15) is 0 Å². The lowest BCUT2D eigenvalue weighted by atomic mass is 9.82. The molecule has 3 fully saturated rings. The molecule has 7 heteroatoms. The number of hydrogen-bond donors (Lipinski definition) is 1. The van der Waals surface area contributed by atoms with Crippen molar-refractivity contribution in [2.75, 3.05) is 46.9 Å². The summed E-state index contributed by atoms with van der Waals surface area (Å²) in [7, 11) is 3.57. The molecule has 0 spiro atoms. The Morgan fingerprint density at radius 1 is 1.12 bits per heavy atom. The first-order valence-corrected chi connectivity index (χ1v) is 9.47. The minimum atomic E-state index is 0. The molecule has 2 unspecified atom stereocenters. The lowest BCUT2D eigenvalue weighted by Crippen LogP contribution is -2.47. The number of guanidine groups is 1. The highest BCUT2D eigenvalue weighted by Gasteiger charge is 2.36. The van der Waals surface area contributed by atoms with Crippen molar-refractivity contribution in [3.63, 3.8) is 0 Å². The summed E-state index contributed by atoms with van der Waals surface area (Å²) in [5.74, 6) is 2.61. The number of hydrogen-bond acceptors (Lipinski definition) is 3. The SMILES string of the molecule is CN(C)C(=O)CN=C(NC1CCOCC1)N1CC2CCCCC2C1.I. The maximum atomic E-state index is 12.0. The molecule has 3 rings (SSSR count). The standard InChI is InChI=1S/C18H32N4O2.HI/c1-21(2)17(23)11-19-18(20-16-7-9-24-10-8-16)22-12-14-5-3-4-6-15(14)13-22;/h14-16H,3-13H2,1-2H3,(H,19,20);1H. The molecule has 0 aromatic heterocycles. The van der Waals surface area contributed by atoms with E-state index < -0.39 is 0 Å². The summed E-state index contributed by atoms with van der Waals surface area (Å²) < 4.78 is 5.46. The second kappa shape index (κ2) is 9.94. The zero-order valence-electron chi connectivity index (χ0n) is 15.6. The van der Waals surface area contributed by atoms with Gasteiger partial charge < -0.3 is 19.9 Å². The zero-order chi connectivity index (χ0) is 16.9. The van der Waals surface area contributed by atoms with Crippen LogP contribution < -0.4 is 5.32 Å². The molecule has 0 radical (unpaired) electrons. The lowest BCUT2D eigenvalue weighted by Gasteiger charge is -2.29. The van der Waals surface area contributed by atoms with Gasteiger partial charge in [-0.05, 0) is 37.5 Å². The number of amides is 1. The van der Waals surface area contributed by atoms with Gasteiger partial charge in [0.2, 0.25) is 5.91 Å². The largest absolute Gasteiger partial charge is 0.381 e. The molecule has 1 saturated carbocycles. The molecule has 1 aliphatic carbocycles. The zero-order valence-corrected chi connectivity index (χ0v) is 17.9. The van der Waals surface area contributed by atoms with Crippen LogP contribution >= 0.6 is 24.0 Å². The average molecular weight is 464 g/mol. The number of halogens is 1. The number of nitrogens with zero attached hydrogens (tertiary/aromatic N) is 3. The van der Waals surface area contributed by atoms with Crippen LogP contribution in [0.25, 0.3) is 0 Å². The van der Waals surface area contributed by atoms with Gasteiger partial charge in [-0.25, -0.2) is 4.99 Å². The van der Waals surface area contributed by atoms with Crippen LogP contribution in [0.5, 0.6) is 0 Å². The van der Waals surface area contributed by atoms with Crippen LogP contribution in [0.4, 0.5) is 0 Å². The number of aliphatic imine (C=N–C) groups is 1. The first-order chi connectivity index (χ1) is 11.6.